The van der Waals surface area contributed by atoms with Crippen molar-refractivity contribution in [2.24, 2.45) is 0 Å². The lowest BCUT2D eigenvalue weighted by Crippen LogP contribution is -2.40. The first-order valence-electron chi connectivity index (χ1n) is 8.13. The van der Waals surface area contributed by atoms with Gasteiger partial charge in [-0.2, -0.15) is 5.10 Å². The molecule has 0 aliphatic carbocycles. The first-order valence-corrected chi connectivity index (χ1v) is 8.13. The number of fused-ring (bicyclic) bond motifs is 1. The van der Waals surface area contributed by atoms with Gasteiger partial charge in [0.1, 0.15) is 18.2 Å². The molecule has 23 heavy (non-hydrogen) atoms. The average molecular weight is 318 g/mol. The zero-order chi connectivity index (χ0) is 16.2. The molecule has 0 radical (unpaired) electrons. The van der Waals surface area contributed by atoms with Crippen LogP contribution in [0.5, 0.6) is 0 Å². The molecule has 0 unspecified atom stereocenters. The predicted octanol–water partition coefficient (Wildman–Crippen LogP) is 2.62. The average Bonchev–Trinajstić information content (AvgIpc) is 2.95. The maximum atomic E-state index is 14.0. The number of benzene rings is 1. The fraction of sp³-hybridized carbons (Fsp3) is 0.529. The highest BCUT2D eigenvalue weighted by Crippen LogP contribution is 2.23. The van der Waals surface area contributed by atoms with Crippen LogP contribution in [0.1, 0.15) is 43.0 Å². The molecule has 6 heteroatoms. The maximum absolute atomic E-state index is 14.0. The minimum Gasteiger partial charge on any atom is -0.377 e. The SMILES string of the molecule is CC[C@@H](N[C@H]1CCc2nc(COC)nn2C1)c1ccccc1F. The highest BCUT2D eigenvalue weighted by atomic mass is 19.1. The van der Waals surface area contributed by atoms with E-state index in [1.54, 1.807) is 13.2 Å². The molecular formula is C17H23FN4O. The molecule has 2 heterocycles. The van der Waals surface area contributed by atoms with E-state index < -0.39 is 0 Å². The van der Waals surface area contributed by atoms with E-state index in [9.17, 15) is 4.39 Å². The maximum Gasteiger partial charge on any atom is 0.176 e. The number of hydrogen-bond donors (Lipinski definition) is 1. The summed E-state index contributed by atoms with van der Waals surface area (Å²) in [5.74, 6) is 1.59. The summed E-state index contributed by atoms with van der Waals surface area (Å²) in [7, 11) is 1.64. The number of rotatable bonds is 6. The van der Waals surface area contributed by atoms with Gasteiger partial charge in [-0.1, -0.05) is 25.1 Å². The molecule has 5 nitrogen and oxygen atoms in total. The molecule has 1 aliphatic heterocycles. The topological polar surface area (TPSA) is 52.0 Å². The number of aromatic nitrogens is 3. The lowest BCUT2D eigenvalue weighted by Gasteiger charge is -2.28. The summed E-state index contributed by atoms with van der Waals surface area (Å²) in [5, 5.41) is 8.07. The quantitative estimate of drug-likeness (QED) is 0.889. The van der Waals surface area contributed by atoms with Crippen molar-refractivity contribution in [3.8, 4) is 0 Å². The van der Waals surface area contributed by atoms with Gasteiger partial charge in [-0.3, -0.25) is 0 Å². The van der Waals surface area contributed by atoms with E-state index in [1.807, 2.05) is 16.8 Å². The second-order valence-corrected chi connectivity index (χ2v) is 5.94. The third-order valence-corrected chi connectivity index (χ3v) is 4.30. The van der Waals surface area contributed by atoms with E-state index in [1.165, 1.54) is 6.07 Å². The molecule has 1 aromatic carbocycles. The molecule has 0 saturated heterocycles. The lowest BCUT2D eigenvalue weighted by molar-refractivity contribution is 0.177. The minimum atomic E-state index is -0.147. The lowest BCUT2D eigenvalue weighted by atomic mass is 10.0. The predicted molar refractivity (Wildman–Crippen MR) is 85.4 cm³/mol. The summed E-state index contributed by atoms with van der Waals surface area (Å²) in [6.07, 6.45) is 2.70. The number of ether oxygens (including phenoxy) is 1. The van der Waals surface area contributed by atoms with Crippen molar-refractivity contribution in [3.05, 3.63) is 47.3 Å². The molecule has 0 saturated carbocycles. The molecule has 0 spiro atoms. The summed E-state index contributed by atoms with van der Waals surface area (Å²) >= 11 is 0. The Bertz CT molecular complexity index is 658. The number of hydrogen-bond acceptors (Lipinski definition) is 4. The van der Waals surface area contributed by atoms with Crippen LogP contribution in [-0.4, -0.2) is 27.9 Å². The van der Waals surface area contributed by atoms with Crippen LogP contribution in [0.4, 0.5) is 4.39 Å². The van der Waals surface area contributed by atoms with Crippen molar-refractivity contribution in [1.82, 2.24) is 20.1 Å². The Hall–Kier alpha value is -1.79. The van der Waals surface area contributed by atoms with Crippen LogP contribution in [0, 0.1) is 5.82 Å². The van der Waals surface area contributed by atoms with Crippen LogP contribution < -0.4 is 5.32 Å². The molecule has 3 rings (SSSR count). The van der Waals surface area contributed by atoms with E-state index in [0.29, 0.717) is 6.61 Å². The smallest absolute Gasteiger partial charge is 0.176 e. The molecule has 124 valence electrons. The van der Waals surface area contributed by atoms with Crippen LogP contribution in [0.3, 0.4) is 0 Å². The molecule has 0 bridgehead atoms. The van der Waals surface area contributed by atoms with Gasteiger partial charge >= 0.3 is 0 Å². The zero-order valence-electron chi connectivity index (χ0n) is 13.6. The van der Waals surface area contributed by atoms with Crippen molar-refractivity contribution in [3.63, 3.8) is 0 Å². The van der Waals surface area contributed by atoms with Crippen molar-refractivity contribution in [1.29, 1.82) is 0 Å². The summed E-state index contributed by atoms with van der Waals surface area (Å²) in [4.78, 5) is 4.49. The molecule has 2 atom stereocenters. The Morgan fingerprint density at radius 1 is 1.43 bits per heavy atom. The monoisotopic (exact) mass is 318 g/mol. The van der Waals surface area contributed by atoms with Crippen molar-refractivity contribution >= 4 is 0 Å². The minimum absolute atomic E-state index is 0.0183. The van der Waals surface area contributed by atoms with E-state index >= 15 is 0 Å². The van der Waals surface area contributed by atoms with E-state index in [0.717, 1.165) is 43.0 Å². The Kier molecular flexibility index (Phi) is 5.03. The Balaban J connectivity index is 1.69. The Morgan fingerprint density at radius 3 is 3.00 bits per heavy atom. The second kappa shape index (κ2) is 7.19. The first kappa shape index (κ1) is 16.1. The van der Waals surface area contributed by atoms with Gasteiger partial charge in [0.15, 0.2) is 5.82 Å². The summed E-state index contributed by atoms with van der Waals surface area (Å²) in [5.41, 5.74) is 0.736. The molecule has 1 aromatic heterocycles. The van der Waals surface area contributed by atoms with Gasteiger partial charge in [-0.25, -0.2) is 14.1 Å². The standard InChI is InChI=1S/C17H23FN4O/c1-3-15(13-6-4-5-7-14(13)18)19-12-8-9-17-20-16(11-23-2)21-22(17)10-12/h4-7,12,15,19H,3,8-11H2,1-2H3/t12-,15+/m0/s1. The van der Waals surface area contributed by atoms with E-state index in [2.05, 4.69) is 22.3 Å². The van der Waals surface area contributed by atoms with E-state index in [-0.39, 0.29) is 17.9 Å². The van der Waals surface area contributed by atoms with Crippen LogP contribution in [0.25, 0.3) is 0 Å². The second-order valence-electron chi connectivity index (χ2n) is 5.94. The Morgan fingerprint density at radius 2 is 2.26 bits per heavy atom. The molecular weight excluding hydrogens is 295 g/mol. The summed E-state index contributed by atoms with van der Waals surface area (Å²) in [6, 6.07) is 7.28. The largest absolute Gasteiger partial charge is 0.377 e. The number of nitrogens with zero attached hydrogens (tertiary/aromatic N) is 3. The van der Waals surface area contributed by atoms with Gasteiger partial charge in [-0.05, 0) is 18.9 Å². The Labute approximate surface area is 135 Å². The van der Waals surface area contributed by atoms with Crippen LogP contribution in [-0.2, 0) is 24.3 Å². The number of nitrogens with one attached hydrogen (secondary N) is 1. The van der Waals surface area contributed by atoms with Gasteiger partial charge in [0.25, 0.3) is 0 Å². The van der Waals surface area contributed by atoms with Gasteiger partial charge in [0.2, 0.25) is 0 Å². The molecule has 0 amide bonds. The first-order chi connectivity index (χ1) is 11.2. The van der Waals surface area contributed by atoms with Crippen LogP contribution >= 0.6 is 0 Å². The van der Waals surface area contributed by atoms with Crippen LogP contribution in [0.15, 0.2) is 24.3 Å². The van der Waals surface area contributed by atoms with Crippen molar-refractivity contribution in [2.45, 2.75) is 51.4 Å². The fourth-order valence-corrected chi connectivity index (χ4v) is 3.16. The number of halogens is 1. The number of aryl methyl sites for hydroxylation is 1. The molecule has 1 aliphatic rings. The van der Waals surface area contributed by atoms with Crippen LogP contribution in [0.2, 0.25) is 0 Å². The fourth-order valence-electron chi connectivity index (χ4n) is 3.16. The van der Waals surface area contributed by atoms with Gasteiger partial charge < -0.3 is 10.1 Å². The van der Waals surface area contributed by atoms with E-state index in [4.69, 9.17) is 4.74 Å². The summed E-state index contributed by atoms with van der Waals surface area (Å²) < 4.78 is 21.1. The molecule has 0 fully saturated rings. The van der Waals surface area contributed by atoms with Gasteiger partial charge in [0.05, 0.1) is 6.54 Å². The van der Waals surface area contributed by atoms with Gasteiger partial charge in [0, 0.05) is 31.2 Å². The zero-order valence-corrected chi connectivity index (χ0v) is 13.6. The third kappa shape index (κ3) is 3.59. The third-order valence-electron chi connectivity index (χ3n) is 4.30. The normalized spacial score (nSPS) is 18.7. The molecule has 1 N–H and O–H groups in total. The molecule has 2 aromatic rings. The van der Waals surface area contributed by atoms with Crippen molar-refractivity contribution in [2.75, 3.05) is 7.11 Å². The van der Waals surface area contributed by atoms with Crippen molar-refractivity contribution < 1.29 is 9.13 Å². The number of methoxy groups -OCH3 is 1. The highest BCUT2D eigenvalue weighted by Gasteiger charge is 2.24. The van der Waals surface area contributed by atoms with Gasteiger partial charge in [-0.15, -0.1) is 0 Å². The highest BCUT2D eigenvalue weighted by molar-refractivity contribution is 5.21. The summed E-state index contributed by atoms with van der Waals surface area (Å²) in [6.45, 7) is 3.27.